The van der Waals surface area contributed by atoms with E-state index < -0.39 is 10.0 Å². The van der Waals surface area contributed by atoms with E-state index in [9.17, 15) is 17.6 Å². The number of anilines is 1. The Morgan fingerprint density at radius 1 is 1.15 bits per heavy atom. The minimum atomic E-state index is -3.22. The molecule has 0 radical (unpaired) electrons. The monoisotopic (exact) mass is 408 g/mol. The van der Waals surface area contributed by atoms with Gasteiger partial charge in [-0.15, -0.1) is 0 Å². The van der Waals surface area contributed by atoms with Crippen molar-refractivity contribution < 1.29 is 17.6 Å². The molecule has 144 valence electrons. The average molecular weight is 409 g/mol. The first-order chi connectivity index (χ1) is 13.0. The van der Waals surface area contributed by atoms with Gasteiger partial charge in [-0.05, 0) is 42.3 Å². The van der Waals surface area contributed by atoms with Crippen LogP contribution in [0.15, 0.2) is 48.5 Å². The summed E-state index contributed by atoms with van der Waals surface area (Å²) in [6.07, 6.45) is 0.620. The number of nitrogens with zero attached hydrogens (tertiary/aromatic N) is 1. The van der Waals surface area contributed by atoms with E-state index in [0.29, 0.717) is 47.8 Å². The Balaban J connectivity index is 1.45. The van der Waals surface area contributed by atoms with Crippen LogP contribution in [0.4, 0.5) is 10.1 Å². The molecular weight excluding hydrogens is 387 g/mol. The fraction of sp³-hybridized carbons (Fsp3) is 0.316. The van der Waals surface area contributed by atoms with Crippen LogP contribution in [0.25, 0.3) is 0 Å². The molecule has 1 N–H and O–H groups in total. The van der Waals surface area contributed by atoms with Crippen molar-refractivity contribution in [1.82, 2.24) is 5.32 Å². The van der Waals surface area contributed by atoms with E-state index in [1.165, 1.54) is 10.4 Å². The minimum Gasteiger partial charge on any atom is -0.351 e. The van der Waals surface area contributed by atoms with Gasteiger partial charge in [0.25, 0.3) is 5.91 Å². The molecule has 0 bridgehead atoms. The Bertz CT molecular complexity index is 901. The summed E-state index contributed by atoms with van der Waals surface area (Å²) >= 11 is 1.55. The van der Waals surface area contributed by atoms with Crippen LogP contribution in [-0.4, -0.2) is 38.9 Å². The number of carbonyl (C=O) groups is 1. The third-order valence-corrected chi connectivity index (χ3v) is 7.14. The van der Waals surface area contributed by atoms with Gasteiger partial charge in [-0.2, -0.15) is 11.8 Å². The number of halogens is 1. The van der Waals surface area contributed by atoms with Gasteiger partial charge in [0, 0.05) is 30.2 Å². The van der Waals surface area contributed by atoms with Gasteiger partial charge in [-0.3, -0.25) is 9.10 Å². The number of rotatable bonds is 7. The molecule has 0 saturated carbocycles. The number of hydrogen-bond acceptors (Lipinski definition) is 4. The normalized spacial score (nSPS) is 15.7. The van der Waals surface area contributed by atoms with Gasteiger partial charge in [-0.25, -0.2) is 12.8 Å². The number of carbonyl (C=O) groups excluding carboxylic acids is 1. The third kappa shape index (κ3) is 5.01. The van der Waals surface area contributed by atoms with Gasteiger partial charge in [0.15, 0.2) is 0 Å². The second kappa shape index (κ2) is 8.75. The molecule has 8 heteroatoms. The van der Waals surface area contributed by atoms with Crippen molar-refractivity contribution in [2.45, 2.75) is 12.2 Å². The van der Waals surface area contributed by atoms with Crippen LogP contribution >= 0.6 is 11.8 Å². The van der Waals surface area contributed by atoms with Gasteiger partial charge in [0.1, 0.15) is 5.82 Å². The highest BCUT2D eigenvalue weighted by Gasteiger charge is 2.28. The van der Waals surface area contributed by atoms with E-state index in [1.54, 1.807) is 54.2 Å². The maximum absolute atomic E-state index is 13.5. The first kappa shape index (κ1) is 19.7. The van der Waals surface area contributed by atoms with E-state index in [2.05, 4.69) is 5.32 Å². The highest BCUT2D eigenvalue weighted by atomic mass is 32.2. The highest BCUT2D eigenvalue weighted by Crippen LogP contribution is 2.24. The summed E-state index contributed by atoms with van der Waals surface area (Å²) < 4.78 is 38.8. The molecule has 0 atom stereocenters. The molecule has 0 aliphatic carbocycles. The summed E-state index contributed by atoms with van der Waals surface area (Å²) in [7, 11) is -3.22. The molecule has 1 aliphatic rings. The summed E-state index contributed by atoms with van der Waals surface area (Å²) in [6, 6.07) is 13.2. The van der Waals surface area contributed by atoms with Crippen molar-refractivity contribution in [2.24, 2.45) is 0 Å². The molecule has 1 fully saturated rings. The maximum atomic E-state index is 13.5. The van der Waals surface area contributed by atoms with Crippen LogP contribution < -0.4 is 9.62 Å². The van der Waals surface area contributed by atoms with E-state index in [0.717, 1.165) is 0 Å². The van der Waals surface area contributed by atoms with Crippen LogP contribution in [0.3, 0.4) is 0 Å². The number of nitrogens with one attached hydrogen (secondary N) is 1. The summed E-state index contributed by atoms with van der Waals surface area (Å²) in [5.41, 5.74) is 1.72. The number of sulfonamides is 1. The molecule has 1 amide bonds. The molecule has 1 saturated heterocycles. The molecule has 2 aromatic carbocycles. The Labute approximate surface area is 163 Å². The van der Waals surface area contributed by atoms with Crippen molar-refractivity contribution >= 4 is 33.4 Å². The zero-order chi connectivity index (χ0) is 19.3. The second-order valence-corrected chi connectivity index (χ2v) is 9.31. The third-order valence-electron chi connectivity index (χ3n) is 4.26. The molecule has 0 aromatic heterocycles. The van der Waals surface area contributed by atoms with Gasteiger partial charge in [-0.1, -0.05) is 18.2 Å². The molecular formula is C19H21FN2O3S2. The summed E-state index contributed by atoms with van der Waals surface area (Å²) in [5, 5.41) is 2.82. The fourth-order valence-corrected chi connectivity index (χ4v) is 5.25. The number of thioether (sulfide) groups is 1. The number of hydrogen-bond donors (Lipinski definition) is 1. The lowest BCUT2D eigenvalue weighted by molar-refractivity contribution is 0.0956. The van der Waals surface area contributed by atoms with Crippen LogP contribution in [0.5, 0.6) is 0 Å². The number of amides is 1. The van der Waals surface area contributed by atoms with E-state index in [4.69, 9.17) is 0 Å². The first-order valence-corrected chi connectivity index (χ1v) is 11.4. The molecule has 5 nitrogen and oxygen atoms in total. The Kier molecular flexibility index (Phi) is 6.38. The van der Waals surface area contributed by atoms with Gasteiger partial charge < -0.3 is 5.32 Å². The summed E-state index contributed by atoms with van der Waals surface area (Å²) in [4.78, 5) is 12.2. The zero-order valence-electron chi connectivity index (χ0n) is 14.7. The number of benzene rings is 2. The fourth-order valence-electron chi connectivity index (χ4n) is 2.84. The predicted octanol–water partition coefficient (Wildman–Crippen LogP) is 3.03. The standard InChI is InChI=1S/C19H21FN2O3S2/c20-18-5-2-1-4-16(18)14-26-12-10-21-19(23)15-6-8-17(9-7-15)22-11-3-13-27(22,24)25/h1-2,4-9H,3,10-14H2,(H,21,23). The molecule has 1 heterocycles. The molecule has 0 unspecified atom stereocenters. The average Bonchev–Trinajstić information content (AvgIpc) is 3.02. The van der Waals surface area contributed by atoms with Crippen molar-refractivity contribution in [3.63, 3.8) is 0 Å². The van der Waals surface area contributed by atoms with Gasteiger partial charge in [0.05, 0.1) is 11.4 Å². The van der Waals surface area contributed by atoms with Gasteiger partial charge >= 0.3 is 0 Å². The minimum absolute atomic E-state index is 0.166. The van der Waals surface area contributed by atoms with E-state index in [1.807, 2.05) is 0 Å². The van der Waals surface area contributed by atoms with Crippen LogP contribution in [-0.2, 0) is 15.8 Å². The predicted molar refractivity (Wildman–Crippen MR) is 107 cm³/mol. The Morgan fingerprint density at radius 2 is 1.89 bits per heavy atom. The van der Waals surface area contributed by atoms with Crippen molar-refractivity contribution in [3.8, 4) is 0 Å². The SMILES string of the molecule is O=C(NCCSCc1ccccc1F)c1ccc(N2CCCS2(=O)=O)cc1. The summed E-state index contributed by atoms with van der Waals surface area (Å²) in [5.74, 6) is 0.970. The molecule has 27 heavy (non-hydrogen) atoms. The molecule has 1 aliphatic heterocycles. The molecule has 2 aromatic rings. The second-order valence-electron chi connectivity index (χ2n) is 6.19. The maximum Gasteiger partial charge on any atom is 0.251 e. The topological polar surface area (TPSA) is 66.5 Å². The Morgan fingerprint density at radius 3 is 2.56 bits per heavy atom. The smallest absolute Gasteiger partial charge is 0.251 e. The largest absolute Gasteiger partial charge is 0.351 e. The van der Waals surface area contributed by atoms with Gasteiger partial charge in [0.2, 0.25) is 10.0 Å². The summed E-state index contributed by atoms with van der Waals surface area (Å²) in [6.45, 7) is 0.952. The molecule has 3 rings (SSSR count). The molecule has 0 spiro atoms. The van der Waals surface area contributed by atoms with E-state index >= 15 is 0 Å². The van der Waals surface area contributed by atoms with Crippen molar-refractivity contribution in [3.05, 3.63) is 65.5 Å². The van der Waals surface area contributed by atoms with Crippen LogP contribution in [0, 0.1) is 5.82 Å². The zero-order valence-corrected chi connectivity index (χ0v) is 16.4. The lowest BCUT2D eigenvalue weighted by atomic mass is 10.2. The van der Waals surface area contributed by atoms with Crippen molar-refractivity contribution in [2.75, 3.05) is 28.9 Å². The lowest BCUT2D eigenvalue weighted by Crippen LogP contribution is -2.27. The Hall–Kier alpha value is -2.06. The van der Waals surface area contributed by atoms with Crippen LogP contribution in [0.1, 0.15) is 22.3 Å². The lowest BCUT2D eigenvalue weighted by Gasteiger charge is -2.17. The van der Waals surface area contributed by atoms with Crippen LogP contribution in [0.2, 0.25) is 0 Å². The highest BCUT2D eigenvalue weighted by molar-refractivity contribution is 7.98. The van der Waals surface area contributed by atoms with E-state index in [-0.39, 0.29) is 17.5 Å². The first-order valence-electron chi connectivity index (χ1n) is 8.67. The van der Waals surface area contributed by atoms with Crippen molar-refractivity contribution in [1.29, 1.82) is 0 Å². The quantitative estimate of drug-likeness (QED) is 0.715.